The van der Waals surface area contributed by atoms with Crippen molar-refractivity contribution in [2.45, 2.75) is 19.9 Å². The van der Waals surface area contributed by atoms with Gasteiger partial charge in [-0.1, -0.05) is 17.7 Å². The van der Waals surface area contributed by atoms with Crippen LogP contribution in [0.25, 0.3) is 0 Å². The molecule has 0 aromatic heterocycles. The molecule has 6 heteroatoms. The first kappa shape index (κ1) is 17.6. The summed E-state index contributed by atoms with van der Waals surface area (Å²) in [6, 6.07) is 2.76. The van der Waals surface area contributed by atoms with Gasteiger partial charge >= 0.3 is 0 Å². The molecule has 0 aliphatic carbocycles. The highest BCUT2D eigenvalue weighted by Crippen LogP contribution is 2.20. The number of carbonyl (C=O) groups excluding carboxylic acids is 1. The number of hydrogen-bond donors (Lipinski definition) is 1. The SMILES string of the molecule is COCC(=O)NCC1=CCN(Cc2c(F)ccc(C)c2F)CC1. The number of amides is 1. The molecule has 2 rings (SSSR count). The van der Waals surface area contributed by atoms with Crippen molar-refractivity contribution in [1.82, 2.24) is 10.2 Å². The van der Waals surface area contributed by atoms with E-state index in [2.05, 4.69) is 5.32 Å². The first-order chi connectivity index (χ1) is 11.0. The molecule has 1 aromatic carbocycles. The lowest BCUT2D eigenvalue weighted by molar-refractivity contribution is -0.124. The van der Waals surface area contributed by atoms with Crippen LogP contribution in [0.1, 0.15) is 17.5 Å². The summed E-state index contributed by atoms with van der Waals surface area (Å²) >= 11 is 0. The van der Waals surface area contributed by atoms with E-state index in [1.165, 1.54) is 19.2 Å². The van der Waals surface area contributed by atoms with Gasteiger partial charge in [0.2, 0.25) is 5.91 Å². The monoisotopic (exact) mass is 324 g/mol. The van der Waals surface area contributed by atoms with E-state index in [9.17, 15) is 13.6 Å². The Morgan fingerprint density at radius 2 is 2.17 bits per heavy atom. The molecule has 0 radical (unpaired) electrons. The summed E-state index contributed by atoms with van der Waals surface area (Å²) in [5.74, 6) is -1.12. The highest BCUT2D eigenvalue weighted by Gasteiger charge is 2.17. The maximum absolute atomic E-state index is 14.0. The number of ether oxygens (including phenoxy) is 1. The van der Waals surface area contributed by atoms with Crippen molar-refractivity contribution in [3.63, 3.8) is 0 Å². The molecule has 0 bridgehead atoms. The highest BCUT2D eigenvalue weighted by molar-refractivity contribution is 5.77. The second-order valence-electron chi connectivity index (χ2n) is 5.71. The van der Waals surface area contributed by atoms with Crippen LogP contribution in [0, 0.1) is 18.6 Å². The van der Waals surface area contributed by atoms with E-state index in [1.54, 1.807) is 6.92 Å². The smallest absolute Gasteiger partial charge is 0.246 e. The predicted octanol–water partition coefficient (Wildman–Crippen LogP) is 2.17. The maximum atomic E-state index is 14.0. The third-order valence-corrected chi connectivity index (χ3v) is 3.94. The first-order valence-corrected chi connectivity index (χ1v) is 7.60. The van der Waals surface area contributed by atoms with Gasteiger partial charge in [0, 0.05) is 38.9 Å². The molecule has 126 valence electrons. The molecule has 1 aliphatic rings. The average molecular weight is 324 g/mol. The number of rotatable bonds is 6. The number of benzene rings is 1. The third kappa shape index (κ3) is 4.84. The number of nitrogens with zero attached hydrogens (tertiary/aromatic N) is 1. The van der Waals surface area contributed by atoms with Crippen molar-refractivity contribution in [2.75, 3.05) is 33.4 Å². The van der Waals surface area contributed by atoms with Crippen LogP contribution in [0.2, 0.25) is 0 Å². The second-order valence-corrected chi connectivity index (χ2v) is 5.71. The summed E-state index contributed by atoms with van der Waals surface area (Å²) in [6.45, 7) is 3.74. The summed E-state index contributed by atoms with van der Waals surface area (Å²) in [4.78, 5) is 13.3. The molecule has 0 saturated carbocycles. The van der Waals surface area contributed by atoms with Gasteiger partial charge in [-0.2, -0.15) is 0 Å². The van der Waals surface area contributed by atoms with E-state index >= 15 is 0 Å². The maximum Gasteiger partial charge on any atom is 0.246 e. The normalized spacial score (nSPS) is 15.4. The molecule has 0 saturated heterocycles. The van der Waals surface area contributed by atoms with Crippen molar-refractivity contribution >= 4 is 5.91 Å². The molecule has 1 aromatic rings. The Labute approximate surface area is 135 Å². The minimum atomic E-state index is -0.505. The molecule has 4 nitrogen and oxygen atoms in total. The Hall–Kier alpha value is -1.79. The van der Waals surface area contributed by atoms with Crippen LogP contribution in [0.4, 0.5) is 8.78 Å². The van der Waals surface area contributed by atoms with Crippen molar-refractivity contribution in [1.29, 1.82) is 0 Å². The van der Waals surface area contributed by atoms with Crippen molar-refractivity contribution in [3.05, 3.63) is 46.5 Å². The molecule has 23 heavy (non-hydrogen) atoms. The van der Waals surface area contributed by atoms with Crippen LogP contribution in [-0.4, -0.2) is 44.2 Å². The van der Waals surface area contributed by atoms with Crippen LogP contribution in [-0.2, 0) is 16.1 Å². The standard InChI is InChI=1S/C17H22F2N2O2/c1-12-3-4-15(18)14(17(12)19)10-21-7-5-13(6-8-21)9-20-16(22)11-23-2/h3-5H,6-11H2,1-2H3,(H,20,22). The fraction of sp³-hybridized carbons (Fsp3) is 0.471. The summed E-state index contributed by atoms with van der Waals surface area (Å²) in [5.41, 5.74) is 1.70. The van der Waals surface area contributed by atoms with Crippen LogP contribution in [0.15, 0.2) is 23.8 Å². The van der Waals surface area contributed by atoms with Crippen LogP contribution < -0.4 is 5.32 Å². The fourth-order valence-electron chi connectivity index (χ4n) is 2.53. The van der Waals surface area contributed by atoms with E-state index in [-0.39, 0.29) is 24.6 Å². The molecule has 0 atom stereocenters. The molecular formula is C17H22F2N2O2. The Balaban J connectivity index is 1.89. The van der Waals surface area contributed by atoms with Crippen molar-refractivity contribution < 1.29 is 18.3 Å². The number of hydrogen-bond acceptors (Lipinski definition) is 3. The van der Waals surface area contributed by atoms with Crippen molar-refractivity contribution in [3.8, 4) is 0 Å². The molecule has 1 N–H and O–H groups in total. The summed E-state index contributed by atoms with van der Waals surface area (Å²) in [7, 11) is 1.47. The largest absolute Gasteiger partial charge is 0.375 e. The van der Waals surface area contributed by atoms with Gasteiger partial charge in [-0.05, 0) is 25.0 Å². The van der Waals surface area contributed by atoms with E-state index in [1.807, 2.05) is 11.0 Å². The number of halogens is 2. The molecule has 1 amide bonds. The average Bonchev–Trinajstić information content (AvgIpc) is 2.55. The first-order valence-electron chi connectivity index (χ1n) is 7.60. The molecule has 1 heterocycles. The van der Waals surface area contributed by atoms with E-state index in [0.717, 1.165) is 12.0 Å². The zero-order chi connectivity index (χ0) is 16.8. The van der Waals surface area contributed by atoms with Gasteiger partial charge in [-0.15, -0.1) is 0 Å². The highest BCUT2D eigenvalue weighted by atomic mass is 19.1. The number of aryl methyl sites for hydroxylation is 1. The van der Waals surface area contributed by atoms with Gasteiger partial charge in [0.25, 0.3) is 0 Å². The number of nitrogens with one attached hydrogen (secondary N) is 1. The third-order valence-electron chi connectivity index (χ3n) is 3.94. The van der Waals surface area contributed by atoms with E-state index in [0.29, 0.717) is 25.2 Å². The van der Waals surface area contributed by atoms with Crippen LogP contribution in [0.5, 0.6) is 0 Å². The van der Waals surface area contributed by atoms with E-state index in [4.69, 9.17) is 4.74 Å². The van der Waals surface area contributed by atoms with Gasteiger partial charge < -0.3 is 10.1 Å². The Kier molecular flexibility index (Phi) is 6.24. The van der Waals surface area contributed by atoms with Crippen LogP contribution >= 0.6 is 0 Å². The van der Waals surface area contributed by atoms with Gasteiger partial charge in [0.05, 0.1) is 0 Å². The zero-order valence-corrected chi connectivity index (χ0v) is 13.5. The number of carbonyl (C=O) groups is 1. The minimum absolute atomic E-state index is 0.0469. The molecule has 0 unspecified atom stereocenters. The molecule has 1 aliphatic heterocycles. The molecule has 0 fully saturated rings. The van der Waals surface area contributed by atoms with Gasteiger partial charge in [-0.3, -0.25) is 9.69 Å². The van der Waals surface area contributed by atoms with Gasteiger partial charge in [-0.25, -0.2) is 8.78 Å². The van der Waals surface area contributed by atoms with E-state index < -0.39 is 11.6 Å². The van der Waals surface area contributed by atoms with Gasteiger partial charge in [0.15, 0.2) is 0 Å². The summed E-state index contributed by atoms with van der Waals surface area (Å²) in [5, 5.41) is 2.77. The second kappa shape index (κ2) is 8.17. The van der Waals surface area contributed by atoms with Crippen molar-refractivity contribution in [2.24, 2.45) is 0 Å². The Morgan fingerprint density at radius 1 is 1.39 bits per heavy atom. The number of methoxy groups -OCH3 is 1. The molecule has 0 spiro atoms. The molecular weight excluding hydrogens is 302 g/mol. The van der Waals surface area contributed by atoms with Crippen LogP contribution in [0.3, 0.4) is 0 Å². The fourth-order valence-corrected chi connectivity index (χ4v) is 2.53. The summed E-state index contributed by atoms with van der Waals surface area (Å²) < 4.78 is 32.6. The lowest BCUT2D eigenvalue weighted by atomic mass is 10.1. The quantitative estimate of drug-likeness (QED) is 0.816. The zero-order valence-electron chi connectivity index (χ0n) is 13.5. The predicted molar refractivity (Wildman–Crippen MR) is 84.0 cm³/mol. The Bertz CT molecular complexity index is 603. The minimum Gasteiger partial charge on any atom is -0.375 e. The Morgan fingerprint density at radius 3 is 2.83 bits per heavy atom. The van der Waals surface area contributed by atoms with Gasteiger partial charge in [0.1, 0.15) is 18.2 Å². The summed E-state index contributed by atoms with van der Waals surface area (Å²) in [6.07, 6.45) is 2.77. The topological polar surface area (TPSA) is 41.6 Å². The lowest BCUT2D eigenvalue weighted by Crippen LogP contribution is -2.34. The lowest BCUT2D eigenvalue weighted by Gasteiger charge is -2.27.